The van der Waals surface area contributed by atoms with Crippen LogP contribution in [-0.2, 0) is 16.4 Å². The van der Waals surface area contributed by atoms with E-state index in [-0.39, 0.29) is 5.91 Å². The lowest BCUT2D eigenvalue weighted by atomic mass is 10.0. The van der Waals surface area contributed by atoms with E-state index in [1.807, 2.05) is 0 Å². The molecular formula is C19H20ClN3O3S. The number of rotatable bonds is 3. The Kier molecular flexibility index (Phi) is 4.92. The van der Waals surface area contributed by atoms with Crippen molar-refractivity contribution >= 4 is 33.2 Å². The number of fused-ring (bicyclic) bond motifs is 1. The van der Waals surface area contributed by atoms with Gasteiger partial charge in [-0.1, -0.05) is 11.6 Å². The molecule has 1 aromatic carbocycles. The van der Waals surface area contributed by atoms with Gasteiger partial charge in [0.25, 0.3) is 5.91 Å². The third-order valence-corrected chi connectivity index (χ3v) is 7.21. The van der Waals surface area contributed by atoms with Gasteiger partial charge in [0.1, 0.15) is 5.15 Å². The summed E-state index contributed by atoms with van der Waals surface area (Å²) in [5, 5.41) is 0.336. The highest BCUT2D eigenvalue weighted by Gasteiger charge is 2.30. The molecule has 1 saturated heterocycles. The molecule has 0 saturated carbocycles. The van der Waals surface area contributed by atoms with E-state index >= 15 is 0 Å². The summed E-state index contributed by atoms with van der Waals surface area (Å²) < 4.78 is 27.2. The van der Waals surface area contributed by atoms with Gasteiger partial charge in [-0.15, -0.1) is 0 Å². The second-order valence-electron chi connectivity index (χ2n) is 6.83. The van der Waals surface area contributed by atoms with Gasteiger partial charge in [0, 0.05) is 31.5 Å². The van der Waals surface area contributed by atoms with Crippen LogP contribution in [0, 0.1) is 0 Å². The predicted molar refractivity (Wildman–Crippen MR) is 104 cm³/mol. The van der Waals surface area contributed by atoms with Crippen molar-refractivity contribution in [3.05, 3.63) is 52.8 Å². The van der Waals surface area contributed by atoms with E-state index in [4.69, 9.17) is 11.6 Å². The molecule has 1 fully saturated rings. The van der Waals surface area contributed by atoms with Gasteiger partial charge in [0.15, 0.2) is 0 Å². The molecular weight excluding hydrogens is 386 g/mol. The second-order valence-corrected chi connectivity index (χ2v) is 9.16. The maximum atomic E-state index is 12.9. The van der Waals surface area contributed by atoms with Crippen LogP contribution in [0.2, 0.25) is 5.15 Å². The number of nitrogens with zero attached hydrogens (tertiary/aromatic N) is 3. The third-order valence-electron chi connectivity index (χ3n) is 5.09. The topological polar surface area (TPSA) is 70.6 Å². The van der Waals surface area contributed by atoms with Gasteiger partial charge in [-0.3, -0.25) is 4.79 Å². The minimum absolute atomic E-state index is 0.157. The summed E-state index contributed by atoms with van der Waals surface area (Å²) in [6, 6.07) is 8.32. The molecule has 4 rings (SSSR count). The van der Waals surface area contributed by atoms with Gasteiger partial charge < -0.3 is 4.90 Å². The molecule has 0 unspecified atom stereocenters. The average molecular weight is 406 g/mol. The molecule has 1 amide bonds. The first-order valence-corrected chi connectivity index (χ1v) is 10.8. The average Bonchev–Trinajstić information content (AvgIpc) is 3.23. The number of hydrogen-bond donors (Lipinski definition) is 0. The van der Waals surface area contributed by atoms with E-state index < -0.39 is 10.0 Å². The van der Waals surface area contributed by atoms with E-state index in [1.54, 1.807) is 39.5 Å². The fraction of sp³-hybridized carbons (Fsp3) is 0.368. The van der Waals surface area contributed by atoms with Gasteiger partial charge >= 0.3 is 0 Å². The summed E-state index contributed by atoms with van der Waals surface area (Å²) >= 11 is 5.80. The predicted octanol–water partition coefficient (Wildman–Crippen LogP) is 3.11. The summed E-state index contributed by atoms with van der Waals surface area (Å²) in [6.07, 6.45) is 4.81. The van der Waals surface area contributed by atoms with Crippen molar-refractivity contribution in [3.63, 3.8) is 0 Å². The van der Waals surface area contributed by atoms with Crippen molar-refractivity contribution in [2.45, 2.75) is 30.6 Å². The lowest BCUT2D eigenvalue weighted by Crippen LogP contribution is -2.36. The van der Waals surface area contributed by atoms with Gasteiger partial charge in [0.2, 0.25) is 10.0 Å². The first-order valence-electron chi connectivity index (χ1n) is 9.03. The van der Waals surface area contributed by atoms with Crippen LogP contribution in [0.5, 0.6) is 0 Å². The van der Waals surface area contributed by atoms with Crippen LogP contribution in [-0.4, -0.2) is 43.2 Å². The van der Waals surface area contributed by atoms with Crippen LogP contribution < -0.4 is 4.90 Å². The number of carbonyl (C=O) groups excluding carboxylic acids is 1. The molecule has 2 aromatic rings. The maximum Gasteiger partial charge on any atom is 0.259 e. The van der Waals surface area contributed by atoms with Crippen LogP contribution in [0.3, 0.4) is 0 Å². The Labute approximate surface area is 163 Å². The second kappa shape index (κ2) is 7.22. The first kappa shape index (κ1) is 18.4. The van der Waals surface area contributed by atoms with Crippen molar-refractivity contribution in [2.75, 3.05) is 24.5 Å². The number of amides is 1. The monoisotopic (exact) mass is 405 g/mol. The minimum atomic E-state index is -3.46. The largest absolute Gasteiger partial charge is 0.308 e. The van der Waals surface area contributed by atoms with Crippen LogP contribution in [0.1, 0.15) is 35.2 Å². The minimum Gasteiger partial charge on any atom is -0.308 e. The smallest absolute Gasteiger partial charge is 0.259 e. The molecule has 8 heteroatoms. The molecule has 0 N–H and O–H groups in total. The van der Waals surface area contributed by atoms with E-state index in [2.05, 4.69) is 4.98 Å². The number of aromatic nitrogens is 1. The fourth-order valence-electron chi connectivity index (χ4n) is 3.68. The summed E-state index contributed by atoms with van der Waals surface area (Å²) in [4.78, 5) is 18.9. The standard InChI is InChI=1S/C19H20ClN3O3S/c20-18-8-5-15(13-21-18)19(24)23-11-3-4-14-12-16(6-7-17(14)23)27(25,26)22-9-1-2-10-22/h5-8,12-13H,1-4,9-11H2. The highest BCUT2D eigenvalue weighted by Crippen LogP contribution is 2.32. The van der Waals surface area contributed by atoms with E-state index in [1.165, 1.54) is 6.20 Å². The number of aryl methyl sites for hydroxylation is 1. The van der Waals surface area contributed by atoms with E-state index in [0.717, 1.165) is 36.9 Å². The third kappa shape index (κ3) is 3.47. The van der Waals surface area contributed by atoms with Crippen molar-refractivity contribution in [3.8, 4) is 0 Å². The zero-order chi connectivity index (χ0) is 19.0. The number of carbonyl (C=O) groups is 1. The summed E-state index contributed by atoms with van der Waals surface area (Å²) in [6.45, 7) is 1.74. The molecule has 6 nitrogen and oxygen atoms in total. The van der Waals surface area contributed by atoms with Crippen LogP contribution in [0.25, 0.3) is 0 Å². The normalized spacial score (nSPS) is 17.7. The Balaban J connectivity index is 1.66. The molecule has 0 aliphatic carbocycles. The van der Waals surface area contributed by atoms with Crippen molar-refractivity contribution in [1.29, 1.82) is 0 Å². The zero-order valence-electron chi connectivity index (χ0n) is 14.8. The van der Waals surface area contributed by atoms with Crippen LogP contribution in [0.4, 0.5) is 5.69 Å². The number of anilines is 1. The zero-order valence-corrected chi connectivity index (χ0v) is 16.3. The van der Waals surface area contributed by atoms with Crippen molar-refractivity contribution in [2.24, 2.45) is 0 Å². The van der Waals surface area contributed by atoms with E-state index in [9.17, 15) is 13.2 Å². The molecule has 142 valence electrons. The molecule has 0 radical (unpaired) electrons. The molecule has 1 aromatic heterocycles. The van der Waals surface area contributed by atoms with Crippen molar-refractivity contribution < 1.29 is 13.2 Å². The van der Waals surface area contributed by atoms with Gasteiger partial charge in [-0.25, -0.2) is 13.4 Å². The van der Waals surface area contributed by atoms with Crippen molar-refractivity contribution in [1.82, 2.24) is 9.29 Å². The molecule has 2 aliphatic rings. The van der Waals surface area contributed by atoms with E-state index in [0.29, 0.717) is 35.2 Å². The highest BCUT2D eigenvalue weighted by molar-refractivity contribution is 7.89. The SMILES string of the molecule is O=C(c1ccc(Cl)nc1)N1CCCc2cc(S(=O)(=O)N3CCCC3)ccc21. The fourth-order valence-corrected chi connectivity index (χ4v) is 5.36. The quantitative estimate of drug-likeness (QED) is 0.735. The van der Waals surface area contributed by atoms with Crippen LogP contribution in [0.15, 0.2) is 41.4 Å². The Morgan fingerprint density at radius 1 is 1.04 bits per heavy atom. The van der Waals surface area contributed by atoms with Gasteiger partial charge in [-0.05, 0) is 61.6 Å². The Morgan fingerprint density at radius 3 is 2.52 bits per heavy atom. The number of pyridine rings is 1. The Hall–Kier alpha value is -1.96. The van der Waals surface area contributed by atoms with Crippen LogP contribution >= 0.6 is 11.6 Å². The number of sulfonamides is 1. The van der Waals surface area contributed by atoms with Gasteiger partial charge in [0.05, 0.1) is 10.5 Å². The molecule has 0 spiro atoms. The lowest BCUT2D eigenvalue weighted by Gasteiger charge is -2.30. The first-order chi connectivity index (χ1) is 13.0. The maximum absolute atomic E-state index is 12.9. The molecule has 27 heavy (non-hydrogen) atoms. The summed E-state index contributed by atoms with van der Waals surface area (Å²) in [7, 11) is -3.46. The summed E-state index contributed by atoms with van der Waals surface area (Å²) in [5.74, 6) is -0.157. The Bertz CT molecular complexity index is 970. The highest BCUT2D eigenvalue weighted by atomic mass is 35.5. The van der Waals surface area contributed by atoms with Gasteiger partial charge in [-0.2, -0.15) is 4.31 Å². The Morgan fingerprint density at radius 2 is 1.81 bits per heavy atom. The summed E-state index contributed by atoms with van der Waals surface area (Å²) in [5.41, 5.74) is 2.11. The number of hydrogen-bond acceptors (Lipinski definition) is 4. The molecule has 0 bridgehead atoms. The molecule has 2 aliphatic heterocycles. The molecule has 0 atom stereocenters. The number of halogens is 1. The lowest BCUT2D eigenvalue weighted by molar-refractivity contribution is 0.0984. The molecule has 3 heterocycles. The number of benzene rings is 1.